The molecule has 0 bridgehead atoms. The summed E-state index contributed by atoms with van der Waals surface area (Å²) in [4.78, 5) is 33.6. The van der Waals surface area contributed by atoms with E-state index in [4.69, 9.17) is 4.74 Å². The second kappa shape index (κ2) is 9.10. The predicted molar refractivity (Wildman–Crippen MR) is 118 cm³/mol. The third kappa shape index (κ3) is 5.23. The van der Waals surface area contributed by atoms with Crippen LogP contribution in [0.3, 0.4) is 0 Å². The molecule has 0 aliphatic rings. The Balaban J connectivity index is 1.38. The third-order valence-corrected chi connectivity index (χ3v) is 4.55. The molecule has 0 saturated carbocycles. The van der Waals surface area contributed by atoms with Crippen LogP contribution in [0.4, 0.5) is 29.3 Å². The van der Waals surface area contributed by atoms with Crippen molar-refractivity contribution in [1.29, 1.82) is 0 Å². The van der Waals surface area contributed by atoms with Gasteiger partial charge in [0.05, 0.1) is 11.0 Å². The molecule has 0 fully saturated rings. The number of carbonyl (C=O) groups is 2. The minimum Gasteiger partial charge on any atom is -0.457 e. The average Bonchev–Trinajstić information content (AvgIpc) is 3.24. The molecule has 12 heteroatoms. The first-order chi connectivity index (χ1) is 16.2. The molecule has 174 valence electrons. The van der Waals surface area contributed by atoms with Crippen LogP contribution in [0, 0.1) is 0 Å². The number of rotatable bonds is 5. The molecular weight excluding hydrogens is 453 g/mol. The Morgan fingerprint density at radius 2 is 1.65 bits per heavy atom. The van der Waals surface area contributed by atoms with Crippen molar-refractivity contribution in [2.45, 2.75) is 6.18 Å². The number of imidazole rings is 1. The van der Waals surface area contributed by atoms with Crippen molar-refractivity contribution in [3.05, 3.63) is 72.3 Å². The second-order valence-electron chi connectivity index (χ2n) is 6.98. The number of halogens is 3. The number of amides is 3. The van der Waals surface area contributed by atoms with Gasteiger partial charge in [-0.3, -0.25) is 9.78 Å². The highest BCUT2D eigenvalue weighted by Crippen LogP contribution is 2.29. The van der Waals surface area contributed by atoms with E-state index in [-0.39, 0.29) is 28.3 Å². The van der Waals surface area contributed by atoms with Crippen LogP contribution in [0.5, 0.6) is 11.5 Å². The largest absolute Gasteiger partial charge is 0.457 e. The molecule has 0 atom stereocenters. The monoisotopic (exact) mass is 470 g/mol. The van der Waals surface area contributed by atoms with Gasteiger partial charge >= 0.3 is 12.2 Å². The lowest BCUT2D eigenvalue weighted by Crippen LogP contribution is -2.19. The lowest BCUT2D eigenvalue weighted by molar-refractivity contribution is -0.144. The average molecular weight is 470 g/mol. The summed E-state index contributed by atoms with van der Waals surface area (Å²) < 4.78 is 44.1. The minimum absolute atomic E-state index is 0.130. The predicted octanol–water partition coefficient (Wildman–Crippen LogP) is 4.77. The fraction of sp³-hybridized carbons (Fsp3) is 0.0909. The molecule has 3 amide bonds. The number of alkyl halides is 3. The highest BCUT2D eigenvalue weighted by Gasteiger charge is 2.34. The number of nitrogens with one attached hydrogen (secondary N) is 4. The van der Waals surface area contributed by atoms with Crippen molar-refractivity contribution in [2.75, 3.05) is 17.7 Å². The van der Waals surface area contributed by atoms with E-state index in [1.165, 1.54) is 37.5 Å². The molecule has 2 aromatic heterocycles. The highest BCUT2D eigenvalue weighted by atomic mass is 19.4. The molecule has 0 aliphatic carbocycles. The summed E-state index contributed by atoms with van der Waals surface area (Å²) in [6.07, 6.45) is -3.14. The van der Waals surface area contributed by atoms with Crippen LogP contribution in [-0.2, 0) is 6.18 Å². The minimum atomic E-state index is -4.59. The molecule has 2 heterocycles. The van der Waals surface area contributed by atoms with Crippen molar-refractivity contribution < 1.29 is 27.5 Å². The first-order valence-corrected chi connectivity index (χ1v) is 9.82. The van der Waals surface area contributed by atoms with E-state index in [1.807, 2.05) is 0 Å². The SMILES string of the molecule is CNC(=O)c1cc(Oc2ccc(NC(=O)Nc3ccc4nc(C(F)(F)F)[nH]c4c3)cc2)ccn1. The Labute approximate surface area is 190 Å². The lowest BCUT2D eigenvalue weighted by atomic mass is 10.2. The number of H-pyrrole nitrogens is 1. The molecule has 4 rings (SSSR count). The highest BCUT2D eigenvalue weighted by molar-refractivity contribution is 6.00. The van der Waals surface area contributed by atoms with Gasteiger partial charge in [0, 0.05) is 30.7 Å². The normalized spacial score (nSPS) is 11.2. The number of urea groups is 1. The van der Waals surface area contributed by atoms with Crippen molar-refractivity contribution in [2.24, 2.45) is 0 Å². The van der Waals surface area contributed by atoms with E-state index in [0.717, 1.165) is 0 Å². The van der Waals surface area contributed by atoms with Gasteiger partial charge in [-0.05, 0) is 48.5 Å². The number of pyridine rings is 1. The summed E-state index contributed by atoms with van der Waals surface area (Å²) in [5, 5.41) is 7.65. The van der Waals surface area contributed by atoms with E-state index in [1.54, 1.807) is 30.3 Å². The van der Waals surface area contributed by atoms with E-state index < -0.39 is 18.0 Å². The van der Waals surface area contributed by atoms with Gasteiger partial charge in [-0.2, -0.15) is 13.2 Å². The van der Waals surface area contributed by atoms with Gasteiger partial charge in [-0.15, -0.1) is 0 Å². The molecule has 0 unspecified atom stereocenters. The number of hydrogen-bond acceptors (Lipinski definition) is 5. The zero-order chi connectivity index (χ0) is 24.3. The topological polar surface area (TPSA) is 121 Å². The van der Waals surface area contributed by atoms with Gasteiger partial charge < -0.3 is 25.7 Å². The summed E-state index contributed by atoms with van der Waals surface area (Å²) >= 11 is 0. The van der Waals surface area contributed by atoms with Crippen LogP contribution in [0.15, 0.2) is 60.8 Å². The lowest BCUT2D eigenvalue weighted by Gasteiger charge is -2.10. The fourth-order valence-electron chi connectivity index (χ4n) is 2.98. The van der Waals surface area contributed by atoms with E-state index in [9.17, 15) is 22.8 Å². The van der Waals surface area contributed by atoms with Gasteiger partial charge in [0.25, 0.3) is 5.91 Å². The van der Waals surface area contributed by atoms with Crippen LogP contribution < -0.4 is 20.7 Å². The number of hydrogen-bond donors (Lipinski definition) is 4. The molecule has 34 heavy (non-hydrogen) atoms. The quantitative estimate of drug-likeness (QED) is 0.335. The number of benzene rings is 2. The molecular formula is C22H17F3N6O3. The van der Waals surface area contributed by atoms with E-state index in [0.29, 0.717) is 17.2 Å². The van der Waals surface area contributed by atoms with Crippen LogP contribution in [0.25, 0.3) is 11.0 Å². The molecule has 0 spiro atoms. The van der Waals surface area contributed by atoms with Crippen molar-refractivity contribution >= 4 is 34.3 Å². The number of anilines is 2. The van der Waals surface area contributed by atoms with Gasteiger partial charge in [0.1, 0.15) is 17.2 Å². The van der Waals surface area contributed by atoms with E-state index in [2.05, 4.69) is 30.9 Å². The Morgan fingerprint density at radius 3 is 2.35 bits per heavy atom. The Bertz CT molecular complexity index is 1350. The van der Waals surface area contributed by atoms with Gasteiger partial charge in [-0.25, -0.2) is 9.78 Å². The Hall–Kier alpha value is -4.61. The number of ether oxygens (including phenoxy) is 1. The summed E-state index contributed by atoms with van der Waals surface area (Å²) in [5.74, 6) is -0.577. The number of fused-ring (bicyclic) bond motifs is 1. The van der Waals surface area contributed by atoms with Crippen LogP contribution in [-0.4, -0.2) is 33.9 Å². The molecule has 0 radical (unpaired) electrons. The maximum Gasteiger partial charge on any atom is 0.449 e. The molecule has 2 aromatic carbocycles. The van der Waals surface area contributed by atoms with Crippen LogP contribution >= 0.6 is 0 Å². The van der Waals surface area contributed by atoms with Crippen molar-refractivity contribution in [3.8, 4) is 11.5 Å². The smallest absolute Gasteiger partial charge is 0.449 e. The van der Waals surface area contributed by atoms with Gasteiger partial charge in [0.15, 0.2) is 0 Å². The Kier molecular flexibility index (Phi) is 6.04. The summed E-state index contributed by atoms with van der Waals surface area (Å²) in [6.45, 7) is 0. The molecule has 4 aromatic rings. The number of nitrogens with zero attached hydrogens (tertiary/aromatic N) is 2. The fourth-order valence-corrected chi connectivity index (χ4v) is 2.98. The number of aromatic amines is 1. The van der Waals surface area contributed by atoms with Crippen molar-refractivity contribution in [3.63, 3.8) is 0 Å². The van der Waals surface area contributed by atoms with Crippen LogP contribution in [0.1, 0.15) is 16.3 Å². The molecule has 0 aliphatic heterocycles. The number of aromatic nitrogens is 3. The van der Waals surface area contributed by atoms with Crippen LogP contribution in [0.2, 0.25) is 0 Å². The third-order valence-electron chi connectivity index (χ3n) is 4.55. The first kappa shape index (κ1) is 22.6. The summed E-state index contributed by atoms with van der Waals surface area (Å²) in [6, 6.07) is 13.1. The molecule has 0 saturated heterocycles. The second-order valence-corrected chi connectivity index (χ2v) is 6.98. The van der Waals surface area contributed by atoms with E-state index >= 15 is 0 Å². The first-order valence-electron chi connectivity index (χ1n) is 9.82. The summed E-state index contributed by atoms with van der Waals surface area (Å²) in [5.41, 5.74) is 1.21. The van der Waals surface area contributed by atoms with Crippen molar-refractivity contribution in [1.82, 2.24) is 20.3 Å². The standard InChI is InChI=1S/C22H17F3N6O3/c1-26-19(32)18-11-15(8-9-27-18)34-14-5-2-12(3-6-14)28-21(33)29-13-4-7-16-17(10-13)31-20(30-16)22(23,24)25/h2-11H,1H3,(H,26,32)(H,30,31)(H2,28,29,33). The maximum atomic E-state index is 12.8. The van der Waals surface area contributed by atoms with Gasteiger partial charge in [-0.1, -0.05) is 0 Å². The maximum absolute atomic E-state index is 12.8. The van der Waals surface area contributed by atoms with Gasteiger partial charge in [0.2, 0.25) is 5.82 Å². The molecule has 4 N–H and O–H groups in total. The Morgan fingerprint density at radius 1 is 0.941 bits per heavy atom. The number of carbonyl (C=O) groups excluding carboxylic acids is 2. The zero-order valence-electron chi connectivity index (χ0n) is 17.5. The molecule has 9 nitrogen and oxygen atoms in total. The summed E-state index contributed by atoms with van der Waals surface area (Å²) in [7, 11) is 1.50. The zero-order valence-corrected chi connectivity index (χ0v) is 17.5.